The van der Waals surface area contributed by atoms with Crippen LogP contribution in [0.4, 0.5) is 11.5 Å². The van der Waals surface area contributed by atoms with Gasteiger partial charge in [0.05, 0.1) is 25.2 Å². The lowest BCUT2D eigenvalue weighted by atomic mass is 9.84. The van der Waals surface area contributed by atoms with E-state index in [1.165, 1.54) is 25.3 Å². The molecule has 1 heterocycles. The number of methoxy groups -OCH3 is 2. The summed E-state index contributed by atoms with van der Waals surface area (Å²) in [6, 6.07) is 1.54. The zero-order chi connectivity index (χ0) is 19.9. The summed E-state index contributed by atoms with van der Waals surface area (Å²) >= 11 is 0. The summed E-state index contributed by atoms with van der Waals surface area (Å²) in [6.45, 7) is 2.55. The molecular weight excluding hydrogens is 348 g/mol. The molecule has 0 aromatic carbocycles. The van der Waals surface area contributed by atoms with Gasteiger partial charge >= 0.3 is 17.6 Å². The number of nitro groups is 1. The van der Waals surface area contributed by atoms with Crippen LogP contribution in [0.2, 0.25) is 0 Å². The second-order valence-corrected chi connectivity index (χ2v) is 5.22. The lowest BCUT2D eigenvalue weighted by Crippen LogP contribution is -2.41. The van der Waals surface area contributed by atoms with Crippen LogP contribution in [-0.2, 0) is 23.9 Å². The Hall–Kier alpha value is -3.24. The molecule has 140 valence electrons. The summed E-state index contributed by atoms with van der Waals surface area (Å²) in [7, 11) is 2.17. The van der Waals surface area contributed by atoms with E-state index in [0.717, 1.165) is 21.1 Å². The molecule has 11 heteroatoms. The quantitative estimate of drug-likeness (QED) is 0.221. The number of Topliss-reactive ketones (excluding diaryl/α,β-unsaturated/α-hetero) is 1. The van der Waals surface area contributed by atoms with Gasteiger partial charge < -0.3 is 9.47 Å². The van der Waals surface area contributed by atoms with E-state index in [9.17, 15) is 24.5 Å². The standard InChI is InChI=1S/C15H18N4O7/c1-8(17-18-13-10(19(23)24)6-5-7-16-13)11(14(21)25-3)12(9(2)20)15(22)26-4/h5-8,11-12H,1-4H3. The zero-order valence-corrected chi connectivity index (χ0v) is 14.6. The van der Waals surface area contributed by atoms with Crippen LogP contribution >= 0.6 is 0 Å². The lowest BCUT2D eigenvalue weighted by Gasteiger charge is -2.23. The smallest absolute Gasteiger partial charge is 0.317 e. The Labute approximate surface area is 148 Å². The molecule has 26 heavy (non-hydrogen) atoms. The number of hydrogen-bond acceptors (Lipinski definition) is 10. The number of carbonyl (C=O) groups is 3. The average Bonchev–Trinajstić information content (AvgIpc) is 2.62. The van der Waals surface area contributed by atoms with Crippen molar-refractivity contribution in [2.75, 3.05) is 14.2 Å². The van der Waals surface area contributed by atoms with Crippen LogP contribution in [-0.4, -0.2) is 47.9 Å². The molecule has 0 aliphatic rings. The predicted octanol–water partition coefficient (Wildman–Crippen LogP) is 1.63. The molecule has 0 spiro atoms. The maximum atomic E-state index is 12.1. The van der Waals surface area contributed by atoms with E-state index >= 15 is 0 Å². The van der Waals surface area contributed by atoms with E-state index < -0.39 is 40.5 Å². The molecule has 0 bridgehead atoms. The van der Waals surface area contributed by atoms with Crippen LogP contribution in [0.1, 0.15) is 13.8 Å². The van der Waals surface area contributed by atoms with Crippen LogP contribution in [0, 0.1) is 22.0 Å². The fourth-order valence-electron chi connectivity index (χ4n) is 2.27. The summed E-state index contributed by atoms with van der Waals surface area (Å²) in [5.41, 5.74) is -0.380. The molecule has 0 aliphatic heterocycles. The lowest BCUT2D eigenvalue weighted by molar-refractivity contribution is -0.384. The minimum Gasteiger partial charge on any atom is -0.469 e. The fraction of sp³-hybridized carbons (Fsp3) is 0.467. The predicted molar refractivity (Wildman–Crippen MR) is 86.6 cm³/mol. The molecule has 0 saturated heterocycles. The van der Waals surface area contributed by atoms with Crippen molar-refractivity contribution in [1.82, 2.24) is 4.98 Å². The van der Waals surface area contributed by atoms with E-state index in [1.54, 1.807) is 0 Å². The van der Waals surface area contributed by atoms with Crippen molar-refractivity contribution >= 4 is 29.2 Å². The first kappa shape index (κ1) is 20.8. The molecule has 3 atom stereocenters. The average molecular weight is 366 g/mol. The van der Waals surface area contributed by atoms with E-state index in [-0.39, 0.29) is 11.5 Å². The molecule has 0 aliphatic carbocycles. The number of esters is 2. The SMILES string of the molecule is COC(=O)C(C(C)=O)C(C(=O)OC)C(C)N=Nc1ncccc1[N+](=O)[O-]. The Morgan fingerprint density at radius 3 is 2.35 bits per heavy atom. The number of pyridine rings is 1. The fourth-order valence-corrected chi connectivity index (χ4v) is 2.27. The van der Waals surface area contributed by atoms with Gasteiger partial charge in [0.1, 0.15) is 17.6 Å². The van der Waals surface area contributed by atoms with Crippen LogP contribution < -0.4 is 0 Å². The number of nitrogens with zero attached hydrogens (tertiary/aromatic N) is 4. The summed E-state index contributed by atoms with van der Waals surface area (Å²) in [5.74, 6) is -5.42. The van der Waals surface area contributed by atoms with E-state index in [4.69, 9.17) is 0 Å². The van der Waals surface area contributed by atoms with Gasteiger partial charge in [0, 0.05) is 12.3 Å². The number of rotatable bonds is 8. The summed E-state index contributed by atoms with van der Waals surface area (Å²) in [6.07, 6.45) is 1.29. The number of aromatic nitrogens is 1. The maximum absolute atomic E-state index is 12.1. The van der Waals surface area contributed by atoms with Crippen molar-refractivity contribution in [3.05, 3.63) is 28.4 Å². The summed E-state index contributed by atoms with van der Waals surface area (Å²) in [4.78, 5) is 49.9. The Morgan fingerprint density at radius 1 is 1.23 bits per heavy atom. The van der Waals surface area contributed by atoms with Gasteiger partial charge in [-0.1, -0.05) is 0 Å². The van der Waals surface area contributed by atoms with E-state index in [2.05, 4.69) is 24.7 Å². The zero-order valence-electron chi connectivity index (χ0n) is 14.6. The second-order valence-electron chi connectivity index (χ2n) is 5.22. The largest absolute Gasteiger partial charge is 0.469 e. The first-order chi connectivity index (χ1) is 12.2. The Balaban J connectivity index is 3.24. The summed E-state index contributed by atoms with van der Waals surface area (Å²) in [5, 5.41) is 18.5. The van der Waals surface area contributed by atoms with Crippen molar-refractivity contribution in [3.8, 4) is 0 Å². The molecular formula is C15H18N4O7. The van der Waals surface area contributed by atoms with Crippen LogP contribution in [0.25, 0.3) is 0 Å². The molecule has 0 fully saturated rings. The van der Waals surface area contributed by atoms with Crippen LogP contribution in [0.15, 0.2) is 28.6 Å². The molecule has 1 aromatic rings. The number of ketones is 1. The number of carbonyl (C=O) groups excluding carboxylic acids is 3. The minimum absolute atomic E-state index is 0.273. The number of ether oxygens (including phenoxy) is 2. The number of azo groups is 1. The molecule has 1 rings (SSSR count). The Bertz CT molecular complexity index is 734. The molecule has 0 N–H and O–H groups in total. The van der Waals surface area contributed by atoms with E-state index in [0.29, 0.717) is 0 Å². The van der Waals surface area contributed by atoms with Crippen molar-refractivity contribution < 1.29 is 28.8 Å². The Morgan fingerprint density at radius 2 is 1.85 bits per heavy atom. The monoisotopic (exact) mass is 366 g/mol. The first-order valence-electron chi connectivity index (χ1n) is 7.40. The van der Waals surface area contributed by atoms with Gasteiger partial charge in [-0.25, -0.2) is 4.98 Å². The van der Waals surface area contributed by atoms with Crippen LogP contribution in [0.3, 0.4) is 0 Å². The Kier molecular flexibility index (Phi) is 7.44. The van der Waals surface area contributed by atoms with E-state index in [1.807, 2.05) is 0 Å². The van der Waals surface area contributed by atoms with Gasteiger partial charge in [-0.15, -0.1) is 5.11 Å². The third-order valence-corrected chi connectivity index (χ3v) is 3.54. The van der Waals surface area contributed by atoms with Crippen molar-refractivity contribution in [1.29, 1.82) is 0 Å². The number of hydrogen-bond donors (Lipinski definition) is 0. The van der Waals surface area contributed by atoms with Crippen molar-refractivity contribution in [2.24, 2.45) is 22.1 Å². The highest BCUT2D eigenvalue weighted by atomic mass is 16.6. The second kappa shape index (κ2) is 9.30. The highest BCUT2D eigenvalue weighted by Crippen LogP contribution is 2.27. The minimum atomic E-state index is -1.44. The maximum Gasteiger partial charge on any atom is 0.317 e. The van der Waals surface area contributed by atoms with Gasteiger partial charge in [0.25, 0.3) is 5.82 Å². The van der Waals surface area contributed by atoms with Gasteiger partial charge in [-0.2, -0.15) is 5.11 Å². The first-order valence-corrected chi connectivity index (χ1v) is 7.40. The molecule has 11 nitrogen and oxygen atoms in total. The van der Waals surface area contributed by atoms with Gasteiger partial charge in [0.15, 0.2) is 0 Å². The molecule has 0 amide bonds. The third kappa shape index (κ3) is 4.88. The molecule has 3 unspecified atom stereocenters. The van der Waals surface area contributed by atoms with Crippen LogP contribution in [0.5, 0.6) is 0 Å². The highest BCUT2D eigenvalue weighted by Gasteiger charge is 2.42. The van der Waals surface area contributed by atoms with Crippen molar-refractivity contribution in [2.45, 2.75) is 19.9 Å². The third-order valence-electron chi connectivity index (χ3n) is 3.54. The van der Waals surface area contributed by atoms with Gasteiger partial charge in [-0.05, 0) is 19.9 Å². The molecule has 1 aromatic heterocycles. The molecule has 0 radical (unpaired) electrons. The van der Waals surface area contributed by atoms with Gasteiger partial charge in [0.2, 0.25) is 0 Å². The van der Waals surface area contributed by atoms with Crippen molar-refractivity contribution in [3.63, 3.8) is 0 Å². The molecule has 0 saturated carbocycles. The topological polar surface area (TPSA) is 150 Å². The van der Waals surface area contributed by atoms with Gasteiger partial charge in [-0.3, -0.25) is 24.5 Å². The normalized spacial score (nSPS) is 14.3. The highest BCUT2D eigenvalue weighted by molar-refractivity contribution is 6.01. The summed E-state index contributed by atoms with van der Waals surface area (Å²) < 4.78 is 9.22.